The Morgan fingerprint density at radius 2 is 1.95 bits per heavy atom. The summed E-state index contributed by atoms with van der Waals surface area (Å²) in [6, 6.07) is 8.18. The lowest BCUT2D eigenvalue weighted by atomic mass is 10.1. The Morgan fingerprint density at radius 3 is 2.57 bits per heavy atom. The Bertz CT molecular complexity index is 841. The maximum Gasteiger partial charge on any atom is 0.179 e. The van der Waals surface area contributed by atoms with Crippen molar-refractivity contribution in [3.63, 3.8) is 0 Å². The molecule has 0 spiro atoms. The van der Waals surface area contributed by atoms with Crippen molar-refractivity contribution >= 4 is 23.4 Å². The van der Waals surface area contributed by atoms with Gasteiger partial charge in [0.1, 0.15) is 11.3 Å². The minimum atomic E-state index is 0.118. The van der Waals surface area contributed by atoms with Crippen LogP contribution in [0.15, 0.2) is 24.3 Å². The number of aryl methyl sites for hydroxylation is 2. The highest BCUT2D eigenvalue weighted by Gasteiger charge is 2.18. The fourth-order valence-corrected chi connectivity index (χ4v) is 3.07. The topological polar surface area (TPSA) is 47.8 Å². The standard InChI is InChI=1S/C15H18N4OS/c1-9-13-14(18(3)17-9)19(15(21)16-13)10(2)11-5-7-12(20-4)8-6-11/h5-8,10H,1-4H3,(H,16,21). The molecule has 5 nitrogen and oxygen atoms in total. The summed E-state index contributed by atoms with van der Waals surface area (Å²) in [6.45, 7) is 4.11. The number of hydrogen-bond donors (Lipinski definition) is 1. The number of H-pyrrole nitrogens is 1. The van der Waals surface area contributed by atoms with Gasteiger partial charge in [0, 0.05) is 7.05 Å². The Kier molecular flexibility index (Phi) is 3.33. The molecule has 0 fully saturated rings. The van der Waals surface area contributed by atoms with Crippen LogP contribution >= 0.6 is 12.2 Å². The van der Waals surface area contributed by atoms with Crippen molar-refractivity contribution in [2.24, 2.45) is 7.05 Å². The second-order valence-corrected chi connectivity index (χ2v) is 5.54. The molecule has 0 aliphatic carbocycles. The van der Waals surface area contributed by atoms with Crippen molar-refractivity contribution in [1.82, 2.24) is 19.3 Å². The summed E-state index contributed by atoms with van der Waals surface area (Å²) < 4.78 is 9.90. The van der Waals surface area contributed by atoms with Crippen LogP contribution in [0.25, 0.3) is 11.2 Å². The van der Waals surface area contributed by atoms with Crippen molar-refractivity contribution in [2.45, 2.75) is 19.9 Å². The summed E-state index contributed by atoms with van der Waals surface area (Å²) in [5.41, 5.74) is 4.15. The molecule has 0 aliphatic heterocycles. The van der Waals surface area contributed by atoms with Gasteiger partial charge in [0.25, 0.3) is 0 Å². The molecule has 3 rings (SSSR count). The third-order valence-electron chi connectivity index (χ3n) is 3.86. The van der Waals surface area contributed by atoms with Crippen LogP contribution in [0.4, 0.5) is 0 Å². The molecule has 1 atom stereocenters. The van der Waals surface area contributed by atoms with Gasteiger partial charge in [-0.15, -0.1) is 0 Å². The molecule has 0 radical (unpaired) electrons. The molecule has 2 heterocycles. The van der Waals surface area contributed by atoms with E-state index in [2.05, 4.69) is 33.7 Å². The summed E-state index contributed by atoms with van der Waals surface area (Å²) >= 11 is 5.49. The van der Waals surface area contributed by atoms with Crippen LogP contribution in [0.2, 0.25) is 0 Å². The number of imidazole rings is 1. The Hall–Kier alpha value is -2.08. The molecule has 0 aliphatic rings. The van der Waals surface area contributed by atoms with Crippen molar-refractivity contribution < 1.29 is 4.74 Å². The first-order valence-corrected chi connectivity index (χ1v) is 7.21. The molecule has 110 valence electrons. The molecule has 3 aromatic rings. The fourth-order valence-electron chi connectivity index (χ4n) is 2.72. The van der Waals surface area contributed by atoms with Crippen LogP contribution in [-0.2, 0) is 7.05 Å². The molecule has 0 bridgehead atoms. The minimum Gasteiger partial charge on any atom is -0.497 e. The van der Waals surface area contributed by atoms with Gasteiger partial charge < -0.3 is 9.72 Å². The Balaban J connectivity index is 2.14. The van der Waals surface area contributed by atoms with Gasteiger partial charge in [-0.25, -0.2) is 0 Å². The van der Waals surface area contributed by atoms with Crippen LogP contribution in [0, 0.1) is 11.7 Å². The zero-order valence-electron chi connectivity index (χ0n) is 12.5. The average Bonchev–Trinajstić information content (AvgIpc) is 2.96. The number of aromatic amines is 1. The van der Waals surface area contributed by atoms with Gasteiger partial charge in [0.05, 0.1) is 18.8 Å². The second kappa shape index (κ2) is 5.04. The van der Waals surface area contributed by atoms with Crippen LogP contribution in [0.5, 0.6) is 5.75 Å². The minimum absolute atomic E-state index is 0.118. The lowest BCUT2D eigenvalue weighted by molar-refractivity contribution is 0.414. The third-order valence-corrected chi connectivity index (χ3v) is 4.16. The van der Waals surface area contributed by atoms with Gasteiger partial charge in [-0.05, 0) is 43.8 Å². The maximum absolute atomic E-state index is 5.49. The molecule has 1 unspecified atom stereocenters. The van der Waals surface area contributed by atoms with Crippen molar-refractivity contribution in [3.05, 3.63) is 40.3 Å². The highest BCUT2D eigenvalue weighted by Crippen LogP contribution is 2.26. The Morgan fingerprint density at radius 1 is 1.29 bits per heavy atom. The van der Waals surface area contributed by atoms with Crippen LogP contribution < -0.4 is 4.74 Å². The van der Waals surface area contributed by atoms with E-state index < -0.39 is 0 Å². The first-order valence-electron chi connectivity index (χ1n) is 6.80. The van der Waals surface area contributed by atoms with E-state index in [1.165, 1.54) is 5.56 Å². The number of methoxy groups -OCH3 is 1. The molecule has 6 heteroatoms. The number of ether oxygens (including phenoxy) is 1. The Labute approximate surface area is 128 Å². The average molecular weight is 302 g/mol. The molecular weight excluding hydrogens is 284 g/mol. The van der Waals surface area contributed by atoms with E-state index in [4.69, 9.17) is 17.0 Å². The van der Waals surface area contributed by atoms with Gasteiger partial charge in [0.2, 0.25) is 0 Å². The number of aromatic nitrogens is 4. The summed E-state index contributed by atoms with van der Waals surface area (Å²) in [6.07, 6.45) is 0. The van der Waals surface area contributed by atoms with Crippen molar-refractivity contribution in [2.75, 3.05) is 7.11 Å². The predicted molar refractivity (Wildman–Crippen MR) is 85.4 cm³/mol. The number of fused-ring (bicyclic) bond motifs is 1. The lowest BCUT2D eigenvalue weighted by Crippen LogP contribution is -2.09. The van der Waals surface area contributed by atoms with Crippen LogP contribution in [-0.4, -0.2) is 26.4 Å². The van der Waals surface area contributed by atoms with E-state index in [0.717, 1.165) is 22.6 Å². The summed E-state index contributed by atoms with van der Waals surface area (Å²) in [5.74, 6) is 0.852. The van der Waals surface area contributed by atoms with Gasteiger partial charge in [0.15, 0.2) is 10.4 Å². The molecule has 0 amide bonds. The summed E-state index contributed by atoms with van der Waals surface area (Å²) in [4.78, 5) is 3.26. The maximum atomic E-state index is 5.49. The van der Waals surface area contributed by atoms with Gasteiger partial charge >= 0.3 is 0 Å². The van der Waals surface area contributed by atoms with Crippen molar-refractivity contribution in [3.8, 4) is 5.75 Å². The predicted octanol–water partition coefficient (Wildman–Crippen LogP) is 3.36. The quantitative estimate of drug-likeness (QED) is 0.755. The molecule has 1 aromatic carbocycles. The zero-order chi connectivity index (χ0) is 15.1. The third kappa shape index (κ3) is 2.15. The van der Waals surface area contributed by atoms with E-state index in [-0.39, 0.29) is 6.04 Å². The number of nitrogens with zero attached hydrogens (tertiary/aromatic N) is 3. The van der Waals surface area contributed by atoms with Gasteiger partial charge in [-0.2, -0.15) is 5.10 Å². The van der Waals surface area contributed by atoms with E-state index in [0.29, 0.717) is 4.77 Å². The van der Waals surface area contributed by atoms with Crippen LogP contribution in [0.3, 0.4) is 0 Å². The largest absolute Gasteiger partial charge is 0.497 e. The summed E-state index contributed by atoms with van der Waals surface area (Å²) in [7, 11) is 3.61. The van der Waals surface area contributed by atoms with E-state index in [1.54, 1.807) is 7.11 Å². The van der Waals surface area contributed by atoms with E-state index in [9.17, 15) is 0 Å². The smallest absolute Gasteiger partial charge is 0.179 e. The normalized spacial score (nSPS) is 12.8. The van der Waals surface area contributed by atoms with E-state index >= 15 is 0 Å². The zero-order valence-corrected chi connectivity index (χ0v) is 13.4. The molecule has 0 saturated heterocycles. The van der Waals surface area contributed by atoms with Gasteiger partial charge in [-0.1, -0.05) is 12.1 Å². The van der Waals surface area contributed by atoms with E-state index in [1.807, 2.05) is 30.8 Å². The molecule has 21 heavy (non-hydrogen) atoms. The van der Waals surface area contributed by atoms with Crippen LogP contribution in [0.1, 0.15) is 24.2 Å². The number of hydrogen-bond acceptors (Lipinski definition) is 3. The number of benzene rings is 1. The van der Waals surface area contributed by atoms with Crippen molar-refractivity contribution in [1.29, 1.82) is 0 Å². The van der Waals surface area contributed by atoms with Gasteiger partial charge in [-0.3, -0.25) is 9.25 Å². The summed E-state index contributed by atoms with van der Waals surface area (Å²) in [5, 5.41) is 4.45. The lowest BCUT2D eigenvalue weighted by Gasteiger charge is -2.15. The fraction of sp³-hybridized carbons (Fsp3) is 0.333. The SMILES string of the molecule is COc1ccc(C(C)n2c(=S)[nH]c3c(C)nn(C)c32)cc1. The highest BCUT2D eigenvalue weighted by atomic mass is 32.1. The molecule has 1 N–H and O–H groups in total. The first kappa shape index (κ1) is 13.9. The second-order valence-electron chi connectivity index (χ2n) is 5.16. The monoisotopic (exact) mass is 302 g/mol. The highest BCUT2D eigenvalue weighted by molar-refractivity contribution is 7.71. The number of nitrogens with one attached hydrogen (secondary N) is 1. The molecular formula is C15H18N4OS. The molecule has 0 saturated carbocycles. The molecule has 2 aromatic heterocycles. The number of rotatable bonds is 3. The first-order chi connectivity index (χ1) is 10.0.